The van der Waals surface area contributed by atoms with Crippen LogP contribution in [-0.4, -0.2) is 83.3 Å². The number of ether oxygens (including phenoxy) is 2. The van der Waals surface area contributed by atoms with Crippen LogP contribution in [0.2, 0.25) is 0 Å². The number of ketones is 1. The van der Waals surface area contributed by atoms with Crippen molar-refractivity contribution in [2.75, 3.05) is 53.0 Å². The average molecular weight is 478 g/mol. The number of aromatic hydroxyl groups is 1. The smallest absolute Gasteiger partial charge is 0.235 e. The van der Waals surface area contributed by atoms with Crippen molar-refractivity contribution in [2.45, 2.75) is 13.5 Å². The summed E-state index contributed by atoms with van der Waals surface area (Å²) in [6, 6.07) is 10.8. The van der Waals surface area contributed by atoms with Crippen molar-refractivity contribution in [3.63, 3.8) is 0 Å². The number of aliphatic hydroxyl groups excluding tert-OH is 1. The van der Waals surface area contributed by atoms with Gasteiger partial charge in [-0.05, 0) is 43.3 Å². The summed E-state index contributed by atoms with van der Waals surface area (Å²) in [5, 5.41) is 20.3. The van der Waals surface area contributed by atoms with Crippen molar-refractivity contribution in [2.24, 2.45) is 0 Å². The lowest BCUT2D eigenvalue weighted by Crippen LogP contribution is -2.47. The molecule has 5 rings (SSSR count). The summed E-state index contributed by atoms with van der Waals surface area (Å²) in [7, 11) is 1.64. The summed E-state index contributed by atoms with van der Waals surface area (Å²) in [5.74, 6) is 0.929. The lowest BCUT2D eigenvalue weighted by molar-refractivity contribution is 0.101. The number of β-amino-alcohol motifs (C(OH)–C–C–N with tert-alkyl or cyclic N) is 1. The number of nitrogens with zero attached hydrogens (tertiary/aromatic N) is 3. The molecule has 0 aliphatic carbocycles. The van der Waals surface area contributed by atoms with Crippen molar-refractivity contribution < 1.29 is 24.5 Å². The van der Waals surface area contributed by atoms with Crippen LogP contribution in [0.1, 0.15) is 21.6 Å². The summed E-state index contributed by atoms with van der Waals surface area (Å²) < 4.78 is 13.6. The van der Waals surface area contributed by atoms with Gasteiger partial charge < -0.3 is 24.3 Å². The second kappa shape index (κ2) is 9.73. The predicted molar refractivity (Wildman–Crippen MR) is 134 cm³/mol. The maximum Gasteiger partial charge on any atom is 0.235 e. The van der Waals surface area contributed by atoms with E-state index >= 15 is 0 Å². The van der Waals surface area contributed by atoms with Crippen LogP contribution in [0, 0.1) is 6.92 Å². The van der Waals surface area contributed by atoms with E-state index in [9.17, 15) is 15.0 Å². The molecule has 2 aromatic carbocycles. The van der Waals surface area contributed by atoms with Gasteiger partial charge in [0.05, 0.1) is 13.7 Å². The fourth-order valence-electron chi connectivity index (χ4n) is 5.05. The number of Topliss-reactive ketones (excluding diaryl/α,β-unsaturated/α-hetero) is 1. The van der Waals surface area contributed by atoms with Crippen LogP contribution in [-0.2, 0) is 6.54 Å². The van der Waals surface area contributed by atoms with Gasteiger partial charge in [0.2, 0.25) is 5.78 Å². The van der Waals surface area contributed by atoms with Gasteiger partial charge >= 0.3 is 0 Å². The Hall–Kier alpha value is -3.33. The van der Waals surface area contributed by atoms with E-state index < -0.39 is 0 Å². The molecule has 0 saturated carbocycles. The van der Waals surface area contributed by atoms with Gasteiger partial charge in [-0.15, -0.1) is 0 Å². The second-order valence-electron chi connectivity index (χ2n) is 9.03. The summed E-state index contributed by atoms with van der Waals surface area (Å²) in [5.41, 5.74) is 3.22. The minimum atomic E-state index is -0.318. The number of rotatable bonds is 7. The number of hydrogen-bond donors (Lipinski definition) is 2. The molecule has 2 N–H and O–H groups in total. The highest BCUT2D eigenvalue weighted by Gasteiger charge is 2.31. The first-order chi connectivity index (χ1) is 17.0. The number of carbonyl (C=O) groups excluding carboxylic acids is 1. The van der Waals surface area contributed by atoms with Crippen LogP contribution in [0.5, 0.6) is 17.2 Å². The number of allylic oxidation sites excluding steroid dienone is 1. The highest BCUT2D eigenvalue weighted by molar-refractivity contribution is 6.16. The summed E-state index contributed by atoms with van der Waals surface area (Å²) >= 11 is 0. The van der Waals surface area contributed by atoms with Crippen molar-refractivity contribution in [1.29, 1.82) is 0 Å². The van der Waals surface area contributed by atoms with Gasteiger partial charge in [-0.3, -0.25) is 14.6 Å². The zero-order chi connectivity index (χ0) is 24.5. The number of phenols is 1. The summed E-state index contributed by atoms with van der Waals surface area (Å²) in [6.07, 6.45) is 1.78. The molecule has 1 fully saturated rings. The van der Waals surface area contributed by atoms with Crippen LogP contribution in [0.3, 0.4) is 0 Å². The Balaban J connectivity index is 1.45. The molecule has 0 spiro atoms. The van der Waals surface area contributed by atoms with Crippen molar-refractivity contribution in [3.8, 4) is 17.2 Å². The van der Waals surface area contributed by atoms with E-state index in [1.807, 2.05) is 12.1 Å². The lowest BCUT2D eigenvalue weighted by atomic mass is 10.1. The zero-order valence-corrected chi connectivity index (χ0v) is 20.2. The van der Waals surface area contributed by atoms with Gasteiger partial charge in [-0.2, -0.15) is 0 Å². The first-order valence-electron chi connectivity index (χ1n) is 12.0. The molecule has 3 aromatic rings. The molecule has 35 heavy (non-hydrogen) atoms. The molecular weight excluding hydrogens is 446 g/mol. The Morgan fingerprint density at radius 3 is 2.49 bits per heavy atom. The van der Waals surface area contributed by atoms with E-state index in [4.69, 9.17) is 9.47 Å². The Kier molecular flexibility index (Phi) is 6.51. The molecule has 8 heteroatoms. The third-order valence-corrected chi connectivity index (χ3v) is 7.05. The van der Waals surface area contributed by atoms with Gasteiger partial charge in [-0.25, -0.2) is 0 Å². The van der Waals surface area contributed by atoms with E-state index in [0.29, 0.717) is 5.75 Å². The standard InChI is InChI=1S/C27H31N3O5/c1-18-20(17-25-27(33)26-23(32)4-3-5-24(26)35-25)21-16-19(34-2)6-7-22(21)30(18)13-12-28-8-10-29(11-9-28)14-15-31/h3-7,16-17,31-32H,8-15H2,1-2H3. The molecule has 0 bridgehead atoms. The van der Waals surface area contributed by atoms with Crippen LogP contribution >= 0.6 is 0 Å². The number of fused-ring (bicyclic) bond motifs is 2. The Morgan fingerprint density at radius 2 is 1.80 bits per heavy atom. The number of benzene rings is 2. The Bertz CT molecular complexity index is 1290. The quantitative estimate of drug-likeness (QED) is 0.506. The molecule has 184 valence electrons. The van der Waals surface area contributed by atoms with E-state index in [1.54, 1.807) is 25.3 Å². The summed E-state index contributed by atoms with van der Waals surface area (Å²) in [6.45, 7) is 8.61. The van der Waals surface area contributed by atoms with Crippen LogP contribution in [0.15, 0.2) is 42.2 Å². The van der Waals surface area contributed by atoms with Gasteiger partial charge in [-0.1, -0.05) is 6.07 Å². The maximum atomic E-state index is 13.0. The Morgan fingerprint density at radius 1 is 1.06 bits per heavy atom. The van der Waals surface area contributed by atoms with Gasteiger partial charge in [0.25, 0.3) is 0 Å². The highest BCUT2D eigenvalue weighted by Crippen LogP contribution is 2.39. The molecule has 3 heterocycles. The minimum absolute atomic E-state index is 0.0733. The van der Waals surface area contributed by atoms with Crippen LogP contribution in [0.4, 0.5) is 0 Å². The van der Waals surface area contributed by atoms with E-state index in [1.165, 1.54) is 6.07 Å². The molecule has 0 atom stereocenters. The molecule has 8 nitrogen and oxygen atoms in total. The number of methoxy groups -OCH3 is 1. The molecular formula is C27H31N3O5. The van der Waals surface area contributed by atoms with E-state index in [-0.39, 0.29) is 29.5 Å². The minimum Gasteiger partial charge on any atom is -0.507 e. The molecule has 2 aliphatic heterocycles. The number of piperazine rings is 1. The molecule has 0 radical (unpaired) electrons. The molecule has 1 saturated heterocycles. The number of carbonyl (C=O) groups is 1. The monoisotopic (exact) mass is 477 g/mol. The predicted octanol–water partition coefficient (Wildman–Crippen LogP) is 2.89. The SMILES string of the molecule is COc1ccc2c(c1)c(C=C1Oc3cccc(O)c3C1=O)c(C)n2CCN1CCN(CCO)CC1. The normalized spacial score (nSPS) is 17.8. The largest absolute Gasteiger partial charge is 0.507 e. The summed E-state index contributed by atoms with van der Waals surface area (Å²) in [4.78, 5) is 17.7. The molecule has 2 aliphatic rings. The number of aromatic nitrogens is 1. The van der Waals surface area contributed by atoms with E-state index in [0.717, 1.165) is 73.7 Å². The second-order valence-corrected chi connectivity index (χ2v) is 9.03. The topological polar surface area (TPSA) is 87.4 Å². The van der Waals surface area contributed by atoms with Crippen molar-refractivity contribution >= 4 is 22.8 Å². The molecule has 0 amide bonds. The number of phenolic OH excluding ortho intramolecular Hbond substituents is 1. The Labute approximate surface area is 204 Å². The molecule has 0 unspecified atom stereocenters. The third kappa shape index (κ3) is 4.40. The van der Waals surface area contributed by atoms with Gasteiger partial charge in [0.15, 0.2) is 5.76 Å². The van der Waals surface area contributed by atoms with Gasteiger partial charge in [0.1, 0.15) is 22.8 Å². The van der Waals surface area contributed by atoms with E-state index in [2.05, 4.69) is 27.4 Å². The maximum absolute atomic E-state index is 13.0. The third-order valence-electron chi connectivity index (χ3n) is 7.05. The van der Waals surface area contributed by atoms with Crippen molar-refractivity contribution in [3.05, 3.63) is 59.0 Å². The fraction of sp³-hybridized carbons (Fsp3) is 0.370. The first kappa shape index (κ1) is 23.4. The fourth-order valence-corrected chi connectivity index (χ4v) is 5.05. The number of hydrogen-bond acceptors (Lipinski definition) is 7. The van der Waals surface area contributed by atoms with Crippen LogP contribution in [0.25, 0.3) is 17.0 Å². The zero-order valence-electron chi connectivity index (χ0n) is 20.2. The lowest BCUT2D eigenvalue weighted by Gasteiger charge is -2.34. The molecule has 1 aromatic heterocycles. The van der Waals surface area contributed by atoms with Crippen molar-refractivity contribution in [1.82, 2.24) is 14.4 Å². The van der Waals surface area contributed by atoms with Gasteiger partial charge in [0, 0.05) is 68.0 Å². The average Bonchev–Trinajstić information content (AvgIpc) is 3.32. The first-order valence-corrected chi connectivity index (χ1v) is 12.0. The van der Waals surface area contributed by atoms with Crippen LogP contribution < -0.4 is 9.47 Å². The number of aliphatic hydroxyl groups is 1. The highest BCUT2D eigenvalue weighted by atomic mass is 16.5.